The Bertz CT molecular complexity index is 908. The number of aliphatic hydroxyl groups is 1. The van der Waals surface area contributed by atoms with Crippen molar-refractivity contribution in [3.05, 3.63) is 11.6 Å². The number of hydrogen-bond acceptors (Lipinski definition) is 4. The molecule has 4 heteroatoms. The largest absolute Gasteiger partial charge is 0.393 e. The van der Waals surface area contributed by atoms with Gasteiger partial charge in [0, 0.05) is 13.0 Å². The first-order valence-electron chi connectivity index (χ1n) is 14.5. The summed E-state index contributed by atoms with van der Waals surface area (Å²) in [6.45, 7) is 16.8. The molecule has 4 aliphatic carbocycles. The minimum absolute atomic E-state index is 0.00452. The molecule has 0 amide bonds. The summed E-state index contributed by atoms with van der Waals surface area (Å²) in [6, 6.07) is 0. The zero-order valence-electron chi connectivity index (χ0n) is 23.5. The molecule has 11 atom stereocenters. The van der Waals surface area contributed by atoms with E-state index < -0.39 is 0 Å². The lowest BCUT2D eigenvalue weighted by Crippen LogP contribution is -2.58. The Morgan fingerprint density at radius 3 is 2.34 bits per heavy atom. The molecule has 0 aromatic rings. The predicted octanol–water partition coefficient (Wildman–Crippen LogP) is 6.51. The van der Waals surface area contributed by atoms with Gasteiger partial charge in [-0.25, -0.2) is 0 Å². The molecule has 0 aromatic carbocycles. The molecule has 2 saturated heterocycles. The van der Waals surface area contributed by atoms with Gasteiger partial charge in [-0.1, -0.05) is 46.3 Å². The molecule has 3 saturated carbocycles. The van der Waals surface area contributed by atoms with Crippen molar-refractivity contribution in [2.75, 3.05) is 7.11 Å². The number of fused-ring (bicyclic) bond motifs is 5. The second kappa shape index (κ2) is 7.58. The van der Waals surface area contributed by atoms with Crippen molar-refractivity contribution in [1.29, 1.82) is 0 Å². The van der Waals surface area contributed by atoms with E-state index in [0.29, 0.717) is 29.1 Å². The van der Waals surface area contributed by atoms with Crippen LogP contribution >= 0.6 is 0 Å². The van der Waals surface area contributed by atoms with Crippen molar-refractivity contribution in [1.82, 2.24) is 0 Å². The Labute approximate surface area is 213 Å². The van der Waals surface area contributed by atoms with E-state index in [4.69, 9.17) is 14.2 Å². The molecule has 0 spiro atoms. The van der Waals surface area contributed by atoms with Crippen LogP contribution in [0.3, 0.4) is 0 Å². The maximum absolute atomic E-state index is 10.9. The molecule has 198 valence electrons. The fourth-order valence-corrected chi connectivity index (χ4v) is 10.7. The number of aliphatic hydroxyl groups excluding tert-OH is 1. The van der Waals surface area contributed by atoms with Crippen LogP contribution in [0.2, 0.25) is 0 Å². The Hall–Kier alpha value is -0.420. The molecule has 4 nitrogen and oxygen atoms in total. The number of hydrogen-bond donors (Lipinski definition) is 1. The lowest BCUT2D eigenvalue weighted by Gasteiger charge is -2.64. The van der Waals surface area contributed by atoms with E-state index in [-0.39, 0.29) is 46.4 Å². The zero-order valence-corrected chi connectivity index (χ0v) is 23.5. The number of allylic oxidation sites excluding steroid dienone is 2. The molecular weight excluding hydrogens is 436 g/mol. The Morgan fingerprint density at radius 2 is 1.69 bits per heavy atom. The van der Waals surface area contributed by atoms with E-state index in [0.717, 1.165) is 19.3 Å². The first-order valence-corrected chi connectivity index (χ1v) is 14.5. The molecule has 2 aliphatic heterocycles. The van der Waals surface area contributed by atoms with E-state index in [1.807, 2.05) is 7.11 Å². The van der Waals surface area contributed by atoms with Crippen LogP contribution in [0, 0.1) is 45.3 Å². The number of methoxy groups -OCH3 is 1. The van der Waals surface area contributed by atoms with Gasteiger partial charge in [0.05, 0.1) is 17.8 Å². The SMILES string of the molecule is COC1OC(C2OC2(C)C)CC1C1CCC2(C)C3=CCC4C(C)(C)C(O)CCC4(C)C3CCC12C. The van der Waals surface area contributed by atoms with Crippen LogP contribution in [0.15, 0.2) is 11.6 Å². The standard InChI is InChI=1S/C31H50O4/c1-27(2)23-10-9-21-20(29(23,5)14-13-24(27)32)12-16-30(6)19(11-15-31(21,30)7)18-17-22(34-26(18)33-8)25-28(3,4)35-25/h9,18-20,22-26,32H,10-17H2,1-8H3. The van der Waals surface area contributed by atoms with Crippen molar-refractivity contribution in [3.8, 4) is 0 Å². The highest BCUT2D eigenvalue weighted by Crippen LogP contribution is 2.74. The Kier molecular flexibility index (Phi) is 5.39. The molecule has 11 unspecified atom stereocenters. The summed E-state index contributed by atoms with van der Waals surface area (Å²) in [5, 5.41) is 10.9. The molecule has 2 heterocycles. The van der Waals surface area contributed by atoms with E-state index in [2.05, 4.69) is 54.5 Å². The van der Waals surface area contributed by atoms with Crippen LogP contribution in [0.1, 0.15) is 99.8 Å². The third kappa shape index (κ3) is 3.18. The smallest absolute Gasteiger partial charge is 0.160 e. The van der Waals surface area contributed by atoms with Gasteiger partial charge in [-0.3, -0.25) is 0 Å². The van der Waals surface area contributed by atoms with Gasteiger partial charge in [-0.15, -0.1) is 0 Å². The molecule has 1 N–H and O–H groups in total. The van der Waals surface area contributed by atoms with Crippen molar-refractivity contribution in [2.45, 2.75) is 130 Å². The van der Waals surface area contributed by atoms with Crippen molar-refractivity contribution < 1.29 is 19.3 Å². The lowest BCUT2D eigenvalue weighted by molar-refractivity contribution is -0.156. The van der Waals surface area contributed by atoms with E-state index >= 15 is 0 Å². The summed E-state index contributed by atoms with van der Waals surface area (Å²) in [5.74, 6) is 2.31. The predicted molar refractivity (Wildman–Crippen MR) is 138 cm³/mol. The van der Waals surface area contributed by atoms with Crippen LogP contribution in [0.4, 0.5) is 0 Å². The molecule has 6 aliphatic rings. The molecule has 0 bridgehead atoms. The van der Waals surface area contributed by atoms with Gasteiger partial charge in [0.25, 0.3) is 0 Å². The number of epoxide rings is 1. The molecule has 35 heavy (non-hydrogen) atoms. The van der Waals surface area contributed by atoms with Crippen molar-refractivity contribution in [2.24, 2.45) is 45.3 Å². The third-order valence-corrected chi connectivity index (χ3v) is 13.2. The summed E-state index contributed by atoms with van der Waals surface area (Å²) in [5.41, 5.74) is 2.55. The lowest BCUT2D eigenvalue weighted by atomic mass is 9.41. The van der Waals surface area contributed by atoms with Crippen molar-refractivity contribution >= 4 is 0 Å². The van der Waals surface area contributed by atoms with Crippen LogP contribution < -0.4 is 0 Å². The molecule has 0 radical (unpaired) electrons. The third-order valence-electron chi connectivity index (χ3n) is 13.2. The van der Waals surface area contributed by atoms with Gasteiger partial charge >= 0.3 is 0 Å². The summed E-state index contributed by atoms with van der Waals surface area (Å²) < 4.78 is 18.5. The van der Waals surface area contributed by atoms with Gasteiger partial charge in [-0.2, -0.15) is 0 Å². The molecule has 6 rings (SSSR count). The number of rotatable bonds is 3. The van der Waals surface area contributed by atoms with Crippen LogP contribution in [0.25, 0.3) is 0 Å². The quantitative estimate of drug-likeness (QED) is 0.365. The fourth-order valence-electron chi connectivity index (χ4n) is 10.7. The van der Waals surface area contributed by atoms with E-state index in [1.54, 1.807) is 5.57 Å². The average molecular weight is 487 g/mol. The van der Waals surface area contributed by atoms with Crippen LogP contribution in [0.5, 0.6) is 0 Å². The second-order valence-corrected chi connectivity index (χ2v) is 15.1. The molecular formula is C31H50O4. The van der Waals surface area contributed by atoms with Crippen LogP contribution in [-0.2, 0) is 14.2 Å². The normalized spacial score (nSPS) is 56.1. The summed E-state index contributed by atoms with van der Waals surface area (Å²) in [4.78, 5) is 0. The maximum atomic E-state index is 10.9. The Morgan fingerprint density at radius 1 is 0.971 bits per heavy atom. The van der Waals surface area contributed by atoms with Gasteiger partial charge < -0.3 is 19.3 Å². The highest BCUT2D eigenvalue weighted by molar-refractivity contribution is 5.33. The van der Waals surface area contributed by atoms with Gasteiger partial charge in [0.2, 0.25) is 0 Å². The van der Waals surface area contributed by atoms with E-state index in [1.165, 1.54) is 32.1 Å². The van der Waals surface area contributed by atoms with E-state index in [9.17, 15) is 5.11 Å². The summed E-state index contributed by atoms with van der Waals surface area (Å²) in [6.07, 6.45) is 12.2. The average Bonchev–Trinajstić information content (AvgIpc) is 3.12. The highest BCUT2D eigenvalue weighted by atomic mass is 16.7. The number of ether oxygens (including phenoxy) is 3. The fraction of sp³-hybridized carbons (Fsp3) is 0.935. The second-order valence-electron chi connectivity index (χ2n) is 15.1. The Balaban J connectivity index is 1.30. The minimum atomic E-state index is -0.169. The summed E-state index contributed by atoms with van der Waals surface area (Å²) in [7, 11) is 1.83. The van der Waals surface area contributed by atoms with Gasteiger partial charge in [0.15, 0.2) is 6.29 Å². The minimum Gasteiger partial charge on any atom is -0.393 e. The van der Waals surface area contributed by atoms with Crippen LogP contribution in [-0.4, -0.2) is 42.4 Å². The van der Waals surface area contributed by atoms with Gasteiger partial charge in [-0.05, 0) is 105 Å². The first kappa shape index (κ1) is 24.9. The maximum Gasteiger partial charge on any atom is 0.160 e. The molecule has 0 aromatic heterocycles. The summed E-state index contributed by atoms with van der Waals surface area (Å²) >= 11 is 0. The monoisotopic (exact) mass is 486 g/mol. The van der Waals surface area contributed by atoms with Crippen molar-refractivity contribution in [3.63, 3.8) is 0 Å². The first-order chi connectivity index (χ1) is 16.3. The highest BCUT2D eigenvalue weighted by Gasteiger charge is 2.67. The molecule has 5 fully saturated rings. The topological polar surface area (TPSA) is 51.2 Å². The van der Waals surface area contributed by atoms with Gasteiger partial charge in [0.1, 0.15) is 6.10 Å². The zero-order chi connectivity index (χ0) is 25.2.